The van der Waals surface area contributed by atoms with Crippen LogP contribution in [0.4, 0.5) is 5.69 Å². The molecular formula is C18H21NO3S. The smallest absolute Gasteiger partial charge is 0.348 e. The molecule has 23 heavy (non-hydrogen) atoms. The Morgan fingerprint density at radius 1 is 1.13 bits per heavy atom. The molecule has 1 N–H and O–H groups in total. The van der Waals surface area contributed by atoms with Gasteiger partial charge in [-0.05, 0) is 56.0 Å². The van der Waals surface area contributed by atoms with Crippen LogP contribution in [0.2, 0.25) is 0 Å². The minimum Gasteiger partial charge on any atom is -0.451 e. The van der Waals surface area contributed by atoms with Crippen LogP contribution in [0.3, 0.4) is 0 Å². The monoisotopic (exact) mass is 331 g/mol. The minimum atomic E-state index is -0.450. The van der Waals surface area contributed by atoms with Gasteiger partial charge in [0.05, 0.1) is 0 Å². The zero-order chi connectivity index (χ0) is 17.0. The van der Waals surface area contributed by atoms with E-state index in [-0.39, 0.29) is 12.5 Å². The molecule has 122 valence electrons. The van der Waals surface area contributed by atoms with Gasteiger partial charge in [0.2, 0.25) is 0 Å². The lowest BCUT2D eigenvalue weighted by Gasteiger charge is -2.09. The first-order valence-electron chi connectivity index (χ1n) is 7.54. The van der Waals surface area contributed by atoms with Crippen LogP contribution in [0.25, 0.3) is 0 Å². The molecule has 0 spiro atoms. The minimum absolute atomic E-state index is 0.287. The van der Waals surface area contributed by atoms with E-state index in [0.717, 1.165) is 33.7 Å². The molecule has 0 saturated heterocycles. The van der Waals surface area contributed by atoms with Crippen molar-refractivity contribution in [1.29, 1.82) is 0 Å². The average molecular weight is 331 g/mol. The number of aryl methyl sites for hydroxylation is 4. The summed E-state index contributed by atoms with van der Waals surface area (Å²) >= 11 is 1.42. The number of ether oxygens (including phenoxy) is 1. The van der Waals surface area contributed by atoms with Gasteiger partial charge in [-0.25, -0.2) is 4.79 Å². The number of carbonyl (C=O) groups is 2. The van der Waals surface area contributed by atoms with Crippen molar-refractivity contribution < 1.29 is 14.3 Å². The van der Waals surface area contributed by atoms with Crippen LogP contribution in [0.5, 0.6) is 0 Å². The zero-order valence-corrected chi connectivity index (χ0v) is 14.7. The highest BCUT2D eigenvalue weighted by Crippen LogP contribution is 2.23. The first-order valence-corrected chi connectivity index (χ1v) is 8.36. The van der Waals surface area contributed by atoms with E-state index in [9.17, 15) is 9.59 Å². The number of anilines is 1. The van der Waals surface area contributed by atoms with Gasteiger partial charge >= 0.3 is 5.97 Å². The normalized spacial score (nSPS) is 10.4. The van der Waals surface area contributed by atoms with E-state index in [1.165, 1.54) is 11.3 Å². The van der Waals surface area contributed by atoms with Crippen molar-refractivity contribution in [2.45, 2.75) is 34.1 Å². The van der Waals surface area contributed by atoms with Crippen molar-refractivity contribution in [3.8, 4) is 0 Å². The topological polar surface area (TPSA) is 55.4 Å². The third-order valence-corrected chi connectivity index (χ3v) is 4.91. The van der Waals surface area contributed by atoms with Crippen LogP contribution in [-0.4, -0.2) is 18.5 Å². The molecule has 1 amide bonds. The second kappa shape index (κ2) is 7.42. The summed E-state index contributed by atoms with van der Waals surface area (Å²) in [5, 5.41) is 2.77. The molecule has 4 nitrogen and oxygen atoms in total. The highest BCUT2D eigenvalue weighted by Gasteiger charge is 2.15. The highest BCUT2D eigenvalue weighted by atomic mass is 32.1. The number of esters is 1. The Bertz CT molecular complexity index is 734. The molecule has 1 heterocycles. The van der Waals surface area contributed by atoms with Gasteiger partial charge in [0.25, 0.3) is 5.91 Å². The summed E-state index contributed by atoms with van der Waals surface area (Å²) in [6, 6.07) is 7.63. The molecule has 0 aliphatic rings. The maximum Gasteiger partial charge on any atom is 0.348 e. The summed E-state index contributed by atoms with van der Waals surface area (Å²) in [7, 11) is 0. The SMILES string of the molecule is CCc1sc(C(=O)OCC(=O)Nc2cc(C)ccc2C)cc1C. The number of thiophene rings is 1. The maximum atomic E-state index is 12.0. The van der Waals surface area contributed by atoms with Gasteiger partial charge < -0.3 is 10.1 Å². The number of carbonyl (C=O) groups excluding carboxylic acids is 2. The van der Waals surface area contributed by atoms with Crippen LogP contribution in [-0.2, 0) is 16.0 Å². The van der Waals surface area contributed by atoms with Crippen LogP contribution < -0.4 is 5.32 Å². The van der Waals surface area contributed by atoms with E-state index < -0.39 is 5.97 Å². The Balaban J connectivity index is 1.93. The van der Waals surface area contributed by atoms with E-state index in [0.29, 0.717) is 4.88 Å². The average Bonchev–Trinajstić information content (AvgIpc) is 2.89. The Morgan fingerprint density at radius 3 is 2.52 bits per heavy atom. The summed E-state index contributed by atoms with van der Waals surface area (Å²) in [6.07, 6.45) is 0.886. The van der Waals surface area contributed by atoms with E-state index in [4.69, 9.17) is 4.74 Å². The highest BCUT2D eigenvalue weighted by molar-refractivity contribution is 7.14. The van der Waals surface area contributed by atoms with E-state index in [1.807, 2.05) is 52.0 Å². The Kier molecular flexibility index (Phi) is 5.55. The first-order chi connectivity index (χ1) is 10.9. The fraction of sp³-hybridized carbons (Fsp3) is 0.333. The van der Waals surface area contributed by atoms with E-state index in [2.05, 4.69) is 5.32 Å². The molecule has 5 heteroatoms. The summed E-state index contributed by atoms with van der Waals surface area (Å²) in [5.74, 6) is -0.787. The molecule has 1 aromatic heterocycles. The molecule has 2 rings (SSSR count). The van der Waals surface area contributed by atoms with Crippen LogP contribution in [0, 0.1) is 20.8 Å². The maximum absolute atomic E-state index is 12.0. The van der Waals surface area contributed by atoms with Crippen LogP contribution in [0.15, 0.2) is 24.3 Å². The van der Waals surface area contributed by atoms with Crippen molar-refractivity contribution in [2.24, 2.45) is 0 Å². The van der Waals surface area contributed by atoms with Crippen molar-refractivity contribution in [3.63, 3.8) is 0 Å². The van der Waals surface area contributed by atoms with Crippen molar-refractivity contribution >= 4 is 28.9 Å². The molecule has 0 unspecified atom stereocenters. The summed E-state index contributed by atoms with van der Waals surface area (Å²) in [6.45, 7) is 7.61. The molecule has 0 aliphatic carbocycles. The number of nitrogens with one attached hydrogen (secondary N) is 1. The summed E-state index contributed by atoms with van der Waals surface area (Å²) in [4.78, 5) is 25.7. The van der Waals surface area contributed by atoms with Gasteiger partial charge in [-0.1, -0.05) is 19.1 Å². The zero-order valence-electron chi connectivity index (χ0n) is 13.9. The van der Waals surface area contributed by atoms with Crippen LogP contribution in [0.1, 0.15) is 38.2 Å². The van der Waals surface area contributed by atoms with Crippen LogP contribution >= 0.6 is 11.3 Å². The lowest BCUT2D eigenvalue weighted by atomic mass is 10.1. The van der Waals surface area contributed by atoms with Crippen molar-refractivity contribution in [3.05, 3.63) is 50.7 Å². The third kappa shape index (κ3) is 4.42. The van der Waals surface area contributed by atoms with Gasteiger partial charge in [-0.2, -0.15) is 0 Å². The van der Waals surface area contributed by atoms with Gasteiger partial charge in [0, 0.05) is 10.6 Å². The van der Waals surface area contributed by atoms with Gasteiger partial charge in [0.15, 0.2) is 6.61 Å². The number of amides is 1. The second-order valence-corrected chi connectivity index (χ2v) is 6.65. The largest absolute Gasteiger partial charge is 0.451 e. The number of rotatable bonds is 5. The molecular weight excluding hydrogens is 310 g/mol. The van der Waals surface area contributed by atoms with Gasteiger partial charge in [0.1, 0.15) is 4.88 Å². The third-order valence-electron chi connectivity index (χ3n) is 3.54. The first kappa shape index (κ1) is 17.2. The standard InChI is InChI=1S/C18H21NO3S/c1-5-15-13(4)9-16(23-15)18(21)22-10-17(20)19-14-8-11(2)6-7-12(14)3/h6-9H,5,10H2,1-4H3,(H,19,20). The Labute approximate surface area is 140 Å². The lowest BCUT2D eigenvalue weighted by molar-refractivity contribution is -0.119. The second-order valence-electron chi connectivity index (χ2n) is 5.51. The Hall–Kier alpha value is -2.14. The summed E-state index contributed by atoms with van der Waals surface area (Å²) < 4.78 is 5.10. The van der Waals surface area contributed by atoms with Crippen molar-refractivity contribution in [2.75, 3.05) is 11.9 Å². The summed E-state index contributed by atoms with van der Waals surface area (Å²) in [5.41, 5.74) is 3.86. The fourth-order valence-electron chi connectivity index (χ4n) is 2.23. The molecule has 0 atom stereocenters. The van der Waals surface area contributed by atoms with Crippen molar-refractivity contribution in [1.82, 2.24) is 0 Å². The predicted octanol–water partition coefficient (Wildman–Crippen LogP) is 4.03. The fourth-order valence-corrected chi connectivity index (χ4v) is 3.24. The van der Waals surface area contributed by atoms with Gasteiger partial charge in [-0.3, -0.25) is 4.79 Å². The van der Waals surface area contributed by atoms with E-state index in [1.54, 1.807) is 0 Å². The predicted molar refractivity (Wildman–Crippen MR) is 93.3 cm³/mol. The molecule has 0 aliphatic heterocycles. The number of benzene rings is 1. The molecule has 0 bridgehead atoms. The molecule has 0 saturated carbocycles. The molecule has 0 radical (unpaired) electrons. The van der Waals surface area contributed by atoms with E-state index >= 15 is 0 Å². The van der Waals surface area contributed by atoms with Gasteiger partial charge in [-0.15, -0.1) is 11.3 Å². The quantitative estimate of drug-likeness (QED) is 0.842. The number of hydrogen-bond donors (Lipinski definition) is 1. The lowest BCUT2D eigenvalue weighted by Crippen LogP contribution is -2.21. The molecule has 2 aromatic rings. The number of hydrogen-bond acceptors (Lipinski definition) is 4. The molecule has 1 aromatic carbocycles. The Morgan fingerprint density at radius 2 is 1.87 bits per heavy atom. The molecule has 0 fully saturated rings.